The summed E-state index contributed by atoms with van der Waals surface area (Å²) in [5.74, 6) is 1.30. The molecule has 0 unspecified atom stereocenters. The van der Waals surface area contributed by atoms with Gasteiger partial charge in [-0.15, -0.1) is 0 Å². The lowest BCUT2D eigenvalue weighted by atomic mass is 10.0. The van der Waals surface area contributed by atoms with Gasteiger partial charge < -0.3 is 4.90 Å². The summed E-state index contributed by atoms with van der Waals surface area (Å²) in [5.41, 5.74) is 3.94. The van der Waals surface area contributed by atoms with Crippen molar-refractivity contribution in [1.29, 1.82) is 0 Å². The van der Waals surface area contributed by atoms with Gasteiger partial charge in [-0.25, -0.2) is 9.97 Å². The second kappa shape index (κ2) is 8.47. The molecular formula is C24H22N6O. The normalized spacial score (nSPS) is 15.9. The van der Waals surface area contributed by atoms with Crippen LogP contribution in [0.2, 0.25) is 0 Å². The van der Waals surface area contributed by atoms with Gasteiger partial charge in [-0.3, -0.25) is 14.9 Å². The number of aromatic amines is 1. The molecule has 5 rings (SSSR count). The Labute approximate surface area is 180 Å². The summed E-state index contributed by atoms with van der Waals surface area (Å²) >= 11 is 0. The van der Waals surface area contributed by atoms with Crippen LogP contribution in [-0.4, -0.2) is 42.5 Å². The van der Waals surface area contributed by atoms with Gasteiger partial charge in [0.25, 0.3) is 0 Å². The summed E-state index contributed by atoms with van der Waals surface area (Å²) in [6.45, 7) is 0.729. The molecule has 7 heteroatoms. The molecule has 0 spiro atoms. The zero-order valence-corrected chi connectivity index (χ0v) is 17.0. The Hall–Kier alpha value is -3.87. The number of hydrogen-bond acceptors (Lipinski definition) is 5. The molecular weight excluding hydrogens is 388 g/mol. The summed E-state index contributed by atoms with van der Waals surface area (Å²) in [5, 5.41) is 7.27. The van der Waals surface area contributed by atoms with Crippen LogP contribution in [0.3, 0.4) is 0 Å². The number of aromatic nitrogens is 5. The first-order valence-corrected chi connectivity index (χ1v) is 10.4. The van der Waals surface area contributed by atoms with E-state index in [0.29, 0.717) is 23.8 Å². The lowest BCUT2D eigenvalue weighted by molar-refractivity contribution is -0.131. The topological polar surface area (TPSA) is 87.7 Å². The van der Waals surface area contributed by atoms with Crippen molar-refractivity contribution in [1.82, 2.24) is 30.0 Å². The molecule has 0 radical (unpaired) electrons. The van der Waals surface area contributed by atoms with Crippen LogP contribution >= 0.6 is 0 Å². The quantitative estimate of drug-likeness (QED) is 0.540. The summed E-state index contributed by atoms with van der Waals surface area (Å²) in [4.78, 5) is 27.9. The smallest absolute Gasteiger partial charge is 0.227 e. The van der Waals surface area contributed by atoms with Crippen molar-refractivity contribution in [2.75, 3.05) is 6.54 Å². The third-order valence-corrected chi connectivity index (χ3v) is 5.60. The van der Waals surface area contributed by atoms with E-state index in [2.05, 4.69) is 49.4 Å². The first-order chi connectivity index (χ1) is 15.3. The van der Waals surface area contributed by atoms with Crippen molar-refractivity contribution in [3.05, 3.63) is 84.6 Å². The average molecular weight is 410 g/mol. The lowest BCUT2D eigenvalue weighted by Gasteiger charge is -2.23. The maximum Gasteiger partial charge on any atom is 0.227 e. The largest absolute Gasteiger partial charge is 0.332 e. The molecule has 2 aromatic carbocycles. The van der Waals surface area contributed by atoms with E-state index in [9.17, 15) is 4.79 Å². The monoisotopic (exact) mass is 410 g/mol. The maximum absolute atomic E-state index is 13.1. The Balaban J connectivity index is 1.29. The summed E-state index contributed by atoms with van der Waals surface area (Å²) in [6, 6.07) is 18.4. The Morgan fingerprint density at radius 1 is 1.03 bits per heavy atom. The van der Waals surface area contributed by atoms with Gasteiger partial charge in [0.1, 0.15) is 11.5 Å². The molecule has 4 aromatic rings. The minimum Gasteiger partial charge on any atom is -0.332 e. The number of nitrogens with zero attached hydrogens (tertiary/aromatic N) is 5. The molecule has 0 saturated carbocycles. The number of benzene rings is 2. The number of hydrogen-bond donors (Lipinski definition) is 1. The number of nitrogens with one attached hydrogen (secondary N) is 1. The van der Waals surface area contributed by atoms with Gasteiger partial charge in [-0.05, 0) is 29.5 Å². The molecule has 1 fully saturated rings. The highest BCUT2D eigenvalue weighted by Crippen LogP contribution is 2.31. The van der Waals surface area contributed by atoms with E-state index in [1.165, 1.54) is 5.56 Å². The van der Waals surface area contributed by atoms with Crippen LogP contribution in [0.4, 0.5) is 0 Å². The van der Waals surface area contributed by atoms with Gasteiger partial charge in [-0.2, -0.15) is 5.10 Å². The molecule has 154 valence electrons. The Morgan fingerprint density at radius 2 is 1.84 bits per heavy atom. The van der Waals surface area contributed by atoms with Crippen molar-refractivity contribution in [2.45, 2.75) is 25.3 Å². The molecule has 31 heavy (non-hydrogen) atoms. The Kier molecular flexibility index (Phi) is 5.22. The van der Waals surface area contributed by atoms with E-state index >= 15 is 0 Å². The molecule has 1 saturated heterocycles. The van der Waals surface area contributed by atoms with E-state index in [1.807, 2.05) is 35.2 Å². The van der Waals surface area contributed by atoms with E-state index in [4.69, 9.17) is 0 Å². The number of rotatable bonds is 5. The van der Waals surface area contributed by atoms with Crippen molar-refractivity contribution in [3.8, 4) is 22.6 Å². The van der Waals surface area contributed by atoms with Gasteiger partial charge in [0, 0.05) is 18.9 Å². The van der Waals surface area contributed by atoms with Crippen LogP contribution in [-0.2, 0) is 11.2 Å². The van der Waals surface area contributed by atoms with E-state index in [0.717, 1.165) is 30.5 Å². The highest BCUT2D eigenvalue weighted by molar-refractivity contribution is 5.79. The maximum atomic E-state index is 13.1. The summed E-state index contributed by atoms with van der Waals surface area (Å²) in [6.07, 6.45) is 7.04. The fourth-order valence-corrected chi connectivity index (χ4v) is 4.02. The molecule has 7 nitrogen and oxygen atoms in total. The van der Waals surface area contributed by atoms with Gasteiger partial charge in [0.05, 0.1) is 18.7 Å². The van der Waals surface area contributed by atoms with E-state index in [-0.39, 0.29) is 11.9 Å². The summed E-state index contributed by atoms with van der Waals surface area (Å²) in [7, 11) is 0. The van der Waals surface area contributed by atoms with Crippen LogP contribution in [0, 0.1) is 0 Å². The standard InChI is InChI=1S/C24H22N6O/c31-22(15-17-8-10-19(11-9-17)18-5-2-1-3-6-18)30-14-4-7-21(30)24-27-23(28-29-24)20-16-25-12-13-26-20/h1-3,5-6,8-13,16,21H,4,7,14-15H2,(H,27,28,29)/t21-/m1/s1. The SMILES string of the molecule is O=C(Cc1ccc(-c2ccccc2)cc1)N1CCC[C@@H]1c1nc(-c2cnccn2)n[nH]1. The van der Waals surface area contributed by atoms with Gasteiger partial charge >= 0.3 is 0 Å². The number of H-pyrrole nitrogens is 1. The zero-order chi connectivity index (χ0) is 21.0. The van der Waals surface area contributed by atoms with Crippen LogP contribution in [0.15, 0.2) is 73.2 Å². The minimum absolute atomic E-state index is 0.0889. The minimum atomic E-state index is -0.0889. The molecule has 0 aliphatic carbocycles. The predicted octanol–water partition coefficient (Wildman–Crippen LogP) is 3.83. The average Bonchev–Trinajstić information content (AvgIpc) is 3.51. The fourth-order valence-electron chi connectivity index (χ4n) is 4.02. The van der Waals surface area contributed by atoms with Crippen LogP contribution in [0.5, 0.6) is 0 Å². The summed E-state index contributed by atoms with van der Waals surface area (Å²) < 4.78 is 0. The molecule has 3 heterocycles. The third-order valence-electron chi connectivity index (χ3n) is 5.60. The third kappa shape index (κ3) is 4.07. The number of carbonyl (C=O) groups is 1. The highest BCUT2D eigenvalue weighted by Gasteiger charge is 2.32. The highest BCUT2D eigenvalue weighted by atomic mass is 16.2. The molecule has 0 bridgehead atoms. The molecule has 1 aliphatic heterocycles. The van der Waals surface area contributed by atoms with Crippen LogP contribution in [0.1, 0.15) is 30.3 Å². The Bertz CT molecular complexity index is 1160. The number of amides is 1. The second-order valence-corrected chi connectivity index (χ2v) is 7.62. The van der Waals surface area contributed by atoms with E-state index < -0.39 is 0 Å². The van der Waals surface area contributed by atoms with E-state index in [1.54, 1.807) is 18.6 Å². The molecule has 1 atom stereocenters. The van der Waals surface area contributed by atoms with Crippen LogP contribution in [0.25, 0.3) is 22.6 Å². The number of likely N-dealkylation sites (tertiary alicyclic amines) is 1. The van der Waals surface area contributed by atoms with Gasteiger partial charge in [0.15, 0.2) is 0 Å². The first-order valence-electron chi connectivity index (χ1n) is 10.4. The van der Waals surface area contributed by atoms with Crippen molar-refractivity contribution >= 4 is 5.91 Å². The zero-order valence-electron chi connectivity index (χ0n) is 17.0. The van der Waals surface area contributed by atoms with Crippen molar-refractivity contribution < 1.29 is 4.79 Å². The van der Waals surface area contributed by atoms with Gasteiger partial charge in [0.2, 0.25) is 11.7 Å². The first kappa shape index (κ1) is 19.1. The molecule has 1 aliphatic rings. The second-order valence-electron chi connectivity index (χ2n) is 7.62. The fraction of sp³-hybridized carbons (Fsp3) is 0.208. The molecule has 2 aromatic heterocycles. The predicted molar refractivity (Wildman–Crippen MR) is 117 cm³/mol. The van der Waals surface area contributed by atoms with Gasteiger partial charge in [-0.1, -0.05) is 54.6 Å². The van der Waals surface area contributed by atoms with Crippen molar-refractivity contribution in [2.24, 2.45) is 0 Å². The van der Waals surface area contributed by atoms with Crippen LogP contribution < -0.4 is 0 Å². The lowest BCUT2D eigenvalue weighted by Crippen LogP contribution is -2.32. The Morgan fingerprint density at radius 3 is 2.61 bits per heavy atom. The molecule has 1 N–H and O–H groups in total. The molecule has 1 amide bonds. The van der Waals surface area contributed by atoms with Crippen molar-refractivity contribution in [3.63, 3.8) is 0 Å². The number of carbonyl (C=O) groups excluding carboxylic acids is 1.